The van der Waals surface area contributed by atoms with Crippen LogP contribution < -0.4 is 14.8 Å². The Bertz CT molecular complexity index is 1250. The predicted molar refractivity (Wildman–Crippen MR) is 132 cm³/mol. The molecule has 5 nitrogen and oxygen atoms in total. The Morgan fingerprint density at radius 3 is 2.03 bits per heavy atom. The average molecular weight is 442 g/mol. The second-order valence-electron chi connectivity index (χ2n) is 7.53. The third-order valence-corrected chi connectivity index (χ3v) is 5.53. The molecule has 0 aromatic heterocycles. The molecule has 5 heteroatoms. The molecule has 0 saturated heterocycles. The van der Waals surface area contributed by atoms with Gasteiger partial charge in [0.15, 0.2) is 11.5 Å². The van der Waals surface area contributed by atoms with E-state index in [0.717, 1.165) is 33.2 Å². The van der Waals surface area contributed by atoms with Gasteiger partial charge >= 0.3 is 5.97 Å². The molecule has 0 spiro atoms. The molecule has 4 aromatic carbocycles. The fourth-order valence-corrected chi connectivity index (χ4v) is 3.96. The van der Waals surface area contributed by atoms with Gasteiger partial charge in [-0.3, -0.25) is 0 Å². The van der Waals surface area contributed by atoms with Gasteiger partial charge in [0.05, 0.1) is 26.4 Å². The van der Waals surface area contributed by atoms with Crippen LogP contribution in [0.1, 0.15) is 22.8 Å². The molecule has 0 saturated carbocycles. The van der Waals surface area contributed by atoms with Crippen LogP contribution in [0.5, 0.6) is 11.5 Å². The summed E-state index contributed by atoms with van der Waals surface area (Å²) in [5.74, 6) is 0.771. The standard InChI is InChI=1S/C28H27NO4/c1-4-33-28(30)27-21(20-13-9-6-10-14-20)15-24(29-18-19-11-7-5-8-12-19)22-16-25(31-2)26(32-3)17-23(22)27/h5-17,29H,4,18H2,1-3H3. The molecular formula is C28H27NO4. The van der Waals surface area contributed by atoms with Crippen molar-refractivity contribution >= 4 is 22.4 Å². The lowest BCUT2D eigenvalue weighted by molar-refractivity contribution is 0.0529. The summed E-state index contributed by atoms with van der Waals surface area (Å²) in [6, 6.07) is 25.8. The van der Waals surface area contributed by atoms with Crippen LogP contribution in [0.3, 0.4) is 0 Å². The Balaban J connectivity index is 1.98. The van der Waals surface area contributed by atoms with Crippen molar-refractivity contribution in [3.8, 4) is 22.6 Å². The van der Waals surface area contributed by atoms with Crippen molar-refractivity contribution in [2.75, 3.05) is 26.1 Å². The highest BCUT2D eigenvalue weighted by molar-refractivity contribution is 6.14. The molecule has 33 heavy (non-hydrogen) atoms. The Morgan fingerprint density at radius 2 is 1.42 bits per heavy atom. The molecule has 0 fully saturated rings. The lowest BCUT2D eigenvalue weighted by Gasteiger charge is -2.19. The van der Waals surface area contributed by atoms with E-state index >= 15 is 0 Å². The maximum absolute atomic E-state index is 13.2. The molecule has 0 aliphatic rings. The maximum Gasteiger partial charge on any atom is 0.339 e. The van der Waals surface area contributed by atoms with Gasteiger partial charge in [0.2, 0.25) is 0 Å². The van der Waals surface area contributed by atoms with Gasteiger partial charge in [-0.15, -0.1) is 0 Å². The Labute approximate surface area is 193 Å². The first kappa shape index (κ1) is 22.2. The van der Waals surface area contributed by atoms with Crippen molar-refractivity contribution in [2.45, 2.75) is 13.5 Å². The molecule has 0 atom stereocenters. The third-order valence-electron chi connectivity index (χ3n) is 5.53. The minimum absolute atomic E-state index is 0.288. The van der Waals surface area contributed by atoms with Crippen molar-refractivity contribution in [1.29, 1.82) is 0 Å². The third kappa shape index (κ3) is 4.62. The number of methoxy groups -OCH3 is 2. The maximum atomic E-state index is 13.2. The molecule has 0 bridgehead atoms. The summed E-state index contributed by atoms with van der Waals surface area (Å²) in [6.07, 6.45) is 0. The van der Waals surface area contributed by atoms with E-state index in [1.165, 1.54) is 0 Å². The van der Waals surface area contributed by atoms with Crippen molar-refractivity contribution in [3.05, 3.63) is 90.0 Å². The highest BCUT2D eigenvalue weighted by atomic mass is 16.5. The van der Waals surface area contributed by atoms with Gasteiger partial charge in [0.25, 0.3) is 0 Å². The van der Waals surface area contributed by atoms with E-state index in [9.17, 15) is 4.79 Å². The molecule has 0 heterocycles. The Kier molecular flexibility index (Phi) is 6.79. The van der Waals surface area contributed by atoms with E-state index in [2.05, 4.69) is 17.4 Å². The van der Waals surface area contributed by atoms with Crippen LogP contribution >= 0.6 is 0 Å². The summed E-state index contributed by atoms with van der Waals surface area (Å²) in [7, 11) is 3.19. The number of rotatable bonds is 8. The van der Waals surface area contributed by atoms with Crippen molar-refractivity contribution < 1.29 is 19.0 Å². The minimum Gasteiger partial charge on any atom is -0.493 e. The van der Waals surface area contributed by atoms with Gasteiger partial charge in [0, 0.05) is 23.0 Å². The molecule has 168 valence electrons. The van der Waals surface area contributed by atoms with Crippen LogP contribution in [-0.4, -0.2) is 26.8 Å². The average Bonchev–Trinajstić information content (AvgIpc) is 2.87. The van der Waals surface area contributed by atoms with Gasteiger partial charge in [-0.2, -0.15) is 0 Å². The number of carbonyl (C=O) groups excluding carboxylic acids is 1. The number of hydrogen-bond donors (Lipinski definition) is 1. The highest BCUT2D eigenvalue weighted by Crippen LogP contribution is 2.41. The first-order chi connectivity index (χ1) is 16.2. The van der Waals surface area contributed by atoms with Crippen molar-refractivity contribution in [3.63, 3.8) is 0 Å². The Hall–Kier alpha value is -3.99. The number of ether oxygens (including phenoxy) is 3. The normalized spacial score (nSPS) is 10.6. The summed E-state index contributed by atoms with van der Waals surface area (Å²) in [5, 5.41) is 5.14. The molecule has 4 aromatic rings. The molecule has 0 unspecified atom stereocenters. The molecule has 0 aliphatic carbocycles. The minimum atomic E-state index is -0.372. The lowest BCUT2D eigenvalue weighted by Crippen LogP contribution is -2.09. The van der Waals surface area contributed by atoms with Gasteiger partial charge in [-0.1, -0.05) is 60.7 Å². The van der Waals surface area contributed by atoms with Crippen LogP contribution in [0.15, 0.2) is 78.9 Å². The van der Waals surface area contributed by atoms with Crippen molar-refractivity contribution in [2.24, 2.45) is 0 Å². The van der Waals surface area contributed by atoms with Gasteiger partial charge in [0.1, 0.15) is 0 Å². The molecule has 0 radical (unpaired) electrons. The van der Waals surface area contributed by atoms with Crippen LogP contribution in [-0.2, 0) is 11.3 Å². The Morgan fingerprint density at radius 1 is 0.818 bits per heavy atom. The van der Waals surface area contributed by atoms with Crippen LogP contribution in [0, 0.1) is 0 Å². The summed E-state index contributed by atoms with van der Waals surface area (Å²) in [4.78, 5) is 13.2. The van der Waals surface area contributed by atoms with Crippen LogP contribution in [0.25, 0.3) is 21.9 Å². The van der Waals surface area contributed by atoms with E-state index in [0.29, 0.717) is 23.6 Å². The van der Waals surface area contributed by atoms with Crippen LogP contribution in [0.2, 0.25) is 0 Å². The SMILES string of the molecule is CCOC(=O)c1c(-c2ccccc2)cc(NCc2ccccc2)c2cc(OC)c(OC)cc12. The zero-order chi connectivity index (χ0) is 23.2. The van der Waals surface area contributed by atoms with E-state index in [1.54, 1.807) is 14.2 Å². The number of benzene rings is 4. The summed E-state index contributed by atoms with van der Waals surface area (Å²) in [6.45, 7) is 2.73. The van der Waals surface area contributed by atoms with E-state index < -0.39 is 0 Å². The zero-order valence-corrected chi connectivity index (χ0v) is 19.1. The predicted octanol–water partition coefficient (Wildman–Crippen LogP) is 6.31. The second kappa shape index (κ2) is 10.1. The van der Waals surface area contributed by atoms with E-state index in [4.69, 9.17) is 14.2 Å². The largest absolute Gasteiger partial charge is 0.493 e. The monoisotopic (exact) mass is 441 g/mol. The number of hydrogen-bond acceptors (Lipinski definition) is 5. The smallest absolute Gasteiger partial charge is 0.339 e. The van der Waals surface area contributed by atoms with E-state index in [1.807, 2.05) is 73.7 Å². The molecule has 1 N–H and O–H groups in total. The highest BCUT2D eigenvalue weighted by Gasteiger charge is 2.22. The van der Waals surface area contributed by atoms with E-state index in [-0.39, 0.29) is 12.6 Å². The quantitative estimate of drug-likeness (QED) is 0.325. The summed E-state index contributed by atoms with van der Waals surface area (Å²) in [5.41, 5.74) is 4.28. The first-order valence-electron chi connectivity index (χ1n) is 10.9. The van der Waals surface area contributed by atoms with Crippen molar-refractivity contribution in [1.82, 2.24) is 0 Å². The van der Waals surface area contributed by atoms with Gasteiger partial charge in [-0.05, 0) is 41.8 Å². The number of fused-ring (bicyclic) bond motifs is 1. The number of nitrogens with one attached hydrogen (secondary N) is 1. The van der Waals surface area contributed by atoms with Crippen LogP contribution in [0.4, 0.5) is 5.69 Å². The summed E-state index contributed by atoms with van der Waals surface area (Å²) >= 11 is 0. The second-order valence-corrected chi connectivity index (χ2v) is 7.53. The molecule has 0 aliphatic heterocycles. The zero-order valence-electron chi connectivity index (χ0n) is 19.1. The topological polar surface area (TPSA) is 56.8 Å². The number of esters is 1. The summed E-state index contributed by atoms with van der Waals surface area (Å²) < 4.78 is 16.6. The fraction of sp³-hybridized carbons (Fsp3) is 0.179. The number of anilines is 1. The molecular weight excluding hydrogens is 414 g/mol. The van der Waals surface area contributed by atoms with Gasteiger partial charge < -0.3 is 19.5 Å². The fourth-order valence-electron chi connectivity index (χ4n) is 3.96. The molecule has 4 rings (SSSR count). The number of carbonyl (C=O) groups is 1. The first-order valence-corrected chi connectivity index (χ1v) is 10.9. The lowest BCUT2D eigenvalue weighted by atomic mass is 9.92. The molecule has 0 amide bonds. The van der Waals surface area contributed by atoms with Gasteiger partial charge in [-0.25, -0.2) is 4.79 Å².